The maximum atomic E-state index is 5.36. The Balaban J connectivity index is 2.01. The van der Waals surface area contributed by atoms with Crippen molar-refractivity contribution in [3.63, 3.8) is 0 Å². The van der Waals surface area contributed by atoms with E-state index in [1.807, 2.05) is 11.3 Å². The third-order valence-corrected chi connectivity index (χ3v) is 3.83. The fraction of sp³-hybridized carbons (Fsp3) is 0.636. The van der Waals surface area contributed by atoms with Gasteiger partial charge in [0, 0.05) is 23.1 Å². The van der Waals surface area contributed by atoms with Gasteiger partial charge in [0.05, 0.1) is 6.61 Å². The van der Waals surface area contributed by atoms with Crippen LogP contribution in [0, 0.1) is 0 Å². The van der Waals surface area contributed by atoms with Gasteiger partial charge in [-0.3, -0.25) is 0 Å². The maximum absolute atomic E-state index is 5.36. The molecule has 14 heavy (non-hydrogen) atoms. The highest BCUT2D eigenvalue weighted by Crippen LogP contribution is 2.26. The van der Waals surface area contributed by atoms with Gasteiger partial charge >= 0.3 is 0 Å². The summed E-state index contributed by atoms with van der Waals surface area (Å²) in [5.41, 5.74) is 0.0759. The maximum Gasteiger partial charge on any atom is 0.0620 e. The zero-order valence-corrected chi connectivity index (χ0v) is 9.56. The molecule has 0 spiro atoms. The number of nitrogens with one attached hydrogen (secondary N) is 1. The van der Waals surface area contributed by atoms with Crippen LogP contribution < -0.4 is 5.32 Å². The van der Waals surface area contributed by atoms with E-state index in [1.54, 1.807) is 0 Å². The van der Waals surface area contributed by atoms with Crippen molar-refractivity contribution >= 4 is 11.3 Å². The second-order valence-corrected chi connectivity index (χ2v) is 5.25. The van der Waals surface area contributed by atoms with Crippen LogP contribution in [0.4, 0.5) is 0 Å². The molecule has 1 aromatic heterocycles. The Kier molecular flexibility index (Phi) is 2.91. The molecule has 0 radical (unpaired) electrons. The van der Waals surface area contributed by atoms with Gasteiger partial charge in [-0.05, 0) is 31.7 Å². The number of hydrogen-bond acceptors (Lipinski definition) is 3. The summed E-state index contributed by atoms with van der Waals surface area (Å²) < 4.78 is 5.36. The summed E-state index contributed by atoms with van der Waals surface area (Å²) in [5, 5.41) is 5.77. The highest BCUT2D eigenvalue weighted by Gasteiger charge is 2.26. The van der Waals surface area contributed by atoms with Crippen molar-refractivity contribution in [3.05, 3.63) is 22.4 Å². The summed E-state index contributed by atoms with van der Waals surface area (Å²) in [7, 11) is 0. The molecule has 2 heterocycles. The number of rotatable bonds is 3. The van der Waals surface area contributed by atoms with Crippen LogP contribution in [0.15, 0.2) is 17.5 Å². The van der Waals surface area contributed by atoms with Crippen molar-refractivity contribution in [2.75, 3.05) is 13.2 Å². The lowest BCUT2D eigenvalue weighted by molar-refractivity contribution is 0.183. The molecule has 1 N–H and O–H groups in total. The Hall–Kier alpha value is -0.380. The van der Waals surface area contributed by atoms with Crippen LogP contribution in [0.1, 0.15) is 25.1 Å². The molecule has 2 nitrogen and oxygen atoms in total. The van der Waals surface area contributed by atoms with E-state index in [1.165, 1.54) is 4.88 Å². The standard InChI is InChI=1S/C11H17NOS/c1-11(2,10-4-3-7-14-10)12-9-5-6-13-8-9/h3-4,7,9,12H,5-6,8H2,1-2H3. The van der Waals surface area contributed by atoms with Crippen molar-refractivity contribution in [3.8, 4) is 0 Å². The minimum absolute atomic E-state index is 0.0759. The van der Waals surface area contributed by atoms with E-state index in [4.69, 9.17) is 4.74 Å². The van der Waals surface area contributed by atoms with Crippen LogP contribution in [0.25, 0.3) is 0 Å². The molecule has 2 rings (SSSR count). The van der Waals surface area contributed by atoms with Crippen LogP contribution in [0.3, 0.4) is 0 Å². The molecule has 1 aliphatic rings. The van der Waals surface area contributed by atoms with Crippen molar-refractivity contribution in [2.45, 2.75) is 31.8 Å². The molecule has 0 amide bonds. The second-order valence-electron chi connectivity index (χ2n) is 4.31. The van der Waals surface area contributed by atoms with Crippen LogP contribution in [0.5, 0.6) is 0 Å². The highest BCUT2D eigenvalue weighted by atomic mass is 32.1. The van der Waals surface area contributed by atoms with E-state index in [-0.39, 0.29) is 5.54 Å². The smallest absolute Gasteiger partial charge is 0.0620 e. The summed E-state index contributed by atoms with van der Waals surface area (Å²) >= 11 is 1.81. The number of thiophene rings is 1. The third-order valence-electron chi connectivity index (χ3n) is 2.63. The average molecular weight is 211 g/mol. The van der Waals surface area contributed by atoms with Gasteiger partial charge in [0.15, 0.2) is 0 Å². The lowest BCUT2D eigenvalue weighted by Crippen LogP contribution is -2.43. The molecule has 78 valence electrons. The van der Waals surface area contributed by atoms with E-state index in [2.05, 4.69) is 36.7 Å². The molecule has 1 aromatic rings. The SMILES string of the molecule is CC(C)(NC1CCOC1)c1cccs1. The van der Waals surface area contributed by atoms with Crippen LogP contribution in [-0.4, -0.2) is 19.3 Å². The van der Waals surface area contributed by atoms with Crippen LogP contribution in [-0.2, 0) is 10.3 Å². The topological polar surface area (TPSA) is 21.3 Å². The molecule has 0 saturated carbocycles. The monoisotopic (exact) mass is 211 g/mol. The minimum atomic E-state index is 0.0759. The van der Waals surface area contributed by atoms with Crippen molar-refractivity contribution in [1.29, 1.82) is 0 Å². The second kappa shape index (κ2) is 4.01. The summed E-state index contributed by atoms with van der Waals surface area (Å²) in [6.45, 7) is 6.22. The number of ether oxygens (including phenoxy) is 1. The Morgan fingerprint density at radius 3 is 3.00 bits per heavy atom. The molecule has 1 fully saturated rings. The van der Waals surface area contributed by atoms with Crippen LogP contribution in [0.2, 0.25) is 0 Å². The summed E-state index contributed by atoms with van der Waals surface area (Å²) in [6, 6.07) is 4.81. The van der Waals surface area contributed by atoms with Crippen molar-refractivity contribution in [1.82, 2.24) is 5.32 Å². The van der Waals surface area contributed by atoms with E-state index in [9.17, 15) is 0 Å². The van der Waals surface area contributed by atoms with E-state index in [0.29, 0.717) is 6.04 Å². The Morgan fingerprint density at radius 2 is 2.43 bits per heavy atom. The summed E-state index contributed by atoms with van der Waals surface area (Å²) in [4.78, 5) is 1.39. The number of hydrogen-bond donors (Lipinski definition) is 1. The fourth-order valence-corrected chi connectivity index (χ4v) is 2.68. The van der Waals surface area contributed by atoms with Gasteiger partial charge in [0.25, 0.3) is 0 Å². The van der Waals surface area contributed by atoms with Gasteiger partial charge < -0.3 is 10.1 Å². The lowest BCUT2D eigenvalue weighted by Gasteiger charge is -2.28. The van der Waals surface area contributed by atoms with Crippen molar-refractivity contribution < 1.29 is 4.74 Å². The van der Waals surface area contributed by atoms with Gasteiger partial charge in [-0.15, -0.1) is 11.3 Å². The first-order valence-corrected chi connectivity index (χ1v) is 5.96. The van der Waals surface area contributed by atoms with Crippen LogP contribution >= 0.6 is 11.3 Å². The fourth-order valence-electron chi connectivity index (χ4n) is 1.86. The molecule has 3 heteroatoms. The van der Waals surface area contributed by atoms with E-state index < -0.39 is 0 Å². The largest absolute Gasteiger partial charge is 0.380 e. The normalized spacial score (nSPS) is 22.9. The molecule has 1 aliphatic heterocycles. The highest BCUT2D eigenvalue weighted by molar-refractivity contribution is 7.10. The van der Waals surface area contributed by atoms with Crippen molar-refractivity contribution in [2.24, 2.45) is 0 Å². The first-order chi connectivity index (χ1) is 6.68. The Labute approximate surface area is 89.3 Å². The molecule has 1 unspecified atom stereocenters. The predicted molar refractivity (Wildman–Crippen MR) is 59.7 cm³/mol. The third kappa shape index (κ3) is 2.16. The molecule has 0 aliphatic carbocycles. The molecule has 1 saturated heterocycles. The van der Waals surface area contributed by atoms with E-state index >= 15 is 0 Å². The van der Waals surface area contributed by atoms with Gasteiger partial charge in [-0.25, -0.2) is 0 Å². The van der Waals surface area contributed by atoms with Gasteiger partial charge in [-0.2, -0.15) is 0 Å². The molecule has 0 bridgehead atoms. The summed E-state index contributed by atoms with van der Waals surface area (Å²) in [6.07, 6.45) is 1.13. The van der Waals surface area contributed by atoms with Gasteiger partial charge in [0.2, 0.25) is 0 Å². The van der Waals surface area contributed by atoms with Gasteiger partial charge in [-0.1, -0.05) is 6.07 Å². The van der Waals surface area contributed by atoms with Gasteiger partial charge in [0.1, 0.15) is 0 Å². The van der Waals surface area contributed by atoms with E-state index in [0.717, 1.165) is 19.6 Å². The quantitative estimate of drug-likeness (QED) is 0.828. The average Bonchev–Trinajstić information content (AvgIpc) is 2.71. The first-order valence-electron chi connectivity index (χ1n) is 5.08. The Bertz CT molecular complexity index is 275. The molecular formula is C11H17NOS. The zero-order valence-electron chi connectivity index (χ0n) is 8.75. The molecule has 0 aromatic carbocycles. The molecule has 1 atom stereocenters. The molecular weight excluding hydrogens is 194 g/mol. The lowest BCUT2D eigenvalue weighted by atomic mass is 10.0. The zero-order chi connectivity index (χ0) is 10.0. The predicted octanol–water partition coefficient (Wildman–Crippen LogP) is 2.36. The minimum Gasteiger partial charge on any atom is -0.380 e. The summed E-state index contributed by atoms with van der Waals surface area (Å²) in [5.74, 6) is 0. The first kappa shape index (κ1) is 10.1. The Morgan fingerprint density at radius 1 is 1.57 bits per heavy atom.